The number of urea groups is 1. The standard InChI is InChI=1S/C18H19FN4O3S/c1-22-11-16(25)23(18(22)26)8-2-3-15(24)21-17-20-10-14(27-17)9-12-4-6-13(19)7-5-12/h4-7,10H,2-3,8-9,11H2,1H3,(H,20,21,24). The van der Waals surface area contributed by atoms with E-state index in [4.69, 9.17) is 0 Å². The third-order valence-electron chi connectivity index (χ3n) is 4.11. The molecule has 1 aliphatic heterocycles. The maximum Gasteiger partial charge on any atom is 0.326 e. The predicted molar refractivity (Wildman–Crippen MR) is 98.9 cm³/mol. The average Bonchev–Trinajstić information content (AvgIpc) is 3.15. The Hall–Kier alpha value is -2.81. The lowest BCUT2D eigenvalue weighted by molar-refractivity contribution is -0.125. The van der Waals surface area contributed by atoms with Gasteiger partial charge >= 0.3 is 6.03 Å². The second-order valence-corrected chi connectivity index (χ2v) is 7.39. The summed E-state index contributed by atoms with van der Waals surface area (Å²) in [5, 5.41) is 3.21. The highest BCUT2D eigenvalue weighted by molar-refractivity contribution is 7.15. The van der Waals surface area contributed by atoms with Gasteiger partial charge in [-0.15, -0.1) is 11.3 Å². The second-order valence-electron chi connectivity index (χ2n) is 6.27. The fourth-order valence-corrected chi connectivity index (χ4v) is 3.58. The zero-order valence-corrected chi connectivity index (χ0v) is 15.6. The quantitative estimate of drug-likeness (QED) is 0.737. The summed E-state index contributed by atoms with van der Waals surface area (Å²) in [5.74, 6) is -0.738. The van der Waals surface area contributed by atoms with Crippen LogP contribution < -0.4 is 5.32 Å². The van der Waals surface area contributed by atoms with E-state index >= 15 is 0 Å². The Balaban J connectivity index is 1.44. The van der Waals surface area contributed by atoms with Crippen LogP contribution in [0.3, 0.4) is 0 Å². The Bertz CT molecular complexity index is 853. The summed E-state index contributed by atoms with van der Waals surface area (Å²) in [7, 11) is 1.57. The molecule has 0 saturated carbocycles. The van der Waals surface area contributed by atoms with Gasteiger partial charge in [-0.3, -0.25) is 14.5 Å². The average molecular weight is 390 g/mol. The predicted octanol–water partition coefficient (Wildman–Crippen LogP) is 2.49. The molecule has 0 unspecified atom stereocenters. The number of hydrogen-bond acceptors (Lipinski definition) is 5. The number of thiazole rings is 1. The van der Waals surface area contributed by atoms with Crippen molar-refractivity contribution in [3.8, 4) is 0 Å². The first-order valence-corrected chi connectivity index (χ1v) is 9.28. The molecule has 1 aliphatic rings. The summed E-state index contributed by atoms with van der Waals surface area (Å²) in [4.78, 5) is 43.1. The van der Waals surface area contributed by atoms with Crippen LogP contribution in [0.2, 0.25) is 0 Å². The lowest BCUT2D eigenvalue weighted by Gasteiger charge is -2.13. The molecule has 1 aromatic carbocycles. The van der Waals surface area contributed by atoms with Gasteiger partial charge in [-0.25, -0.2) is 14.2 Å². The molecule has 142 valence electrons. The van der Waals surface area contributed by atoms with Crippen molar-refractivity contribution >= 4 is 34.3 Å². The minimum absolute atomic E-state index is 0.0843. The molecule has 1 aromatic heterocycles. The number of rotatable bonds is 7. The summed E-state index contributed by atoms with van der Waals surface area (Å²) in [6.45, 7) is 0.310. The number of imide groups is 1. The number of carbonyl (C=O) groups is 3. The highest BCUT2D eigenvalue weighted by Gasteiger charge is 2.32. The first-order valence-electron chi connectivity index (χ1n) is 8.47. The molecule has 2 aromatic rings. The van der Waals surface area contributed by atoms with Crippen LogP contribution >= 0.6 is 11.3 Å². The number of amides is 4. The molecule has 4 amide bonds. The molecule has 1 N–H and O–H groups in total. The highest BCUT2D eigenvalue weighted by Crippen LogP contribution is 2.21. The molecule has 9 heteroatoms. The SMILES string of the molecule is CN1CC(=O)N(CCCC(=O)Nc2ncc(Cc3ccc(F)cc3)s2)C1=O. The molecule has 2 heterocycles. The lowest BCUT2D eigenvalue weighted by Crippen LogP contribution is -2.32. The first kappa shape index (κ1) is 19.0. The zero-order valence-electron chi connectivity index (χ0n) is 14.8. The van der Waals surface area contributed by atoms with Crippen molar-refractivity contribution in [2.75, 3.05) is 25.5 Å². The minimum atomic E-state index is -0.328. The van der Waals surface area contributed by atoms with Gasteiger partial charge in [0.2, 0.25) is 11.8 Å². The van der Waals surface area contributed by atoms with Gasteiger partial charge in [-0.05, 0) is 24.1 Å². The van der Waals surface area contributed by atoms with E-state index in [1.807, 2.05) is 0 Å². The molecule has 7 nitrogen and oxygen atoms in total. The molecule has 3 rings (SSSR count). The fourth-order valence-electron chi connectivity index (χ4n) is 2.72. The number of nitrogens with one attached hydrogen (secondary N) is 1. The van der Waals surface area contributed by atoms with Gasteiger partial charge in [0.15, 0.2) is 5.13 Å². The highest BCUT2D eigenvalue weighted by atomic mass is 32.1. The van der Waals surface area contributed by atoms with Gasteiger partial charge in [0.05, 0.1) is 0 Å². The van der Waals surface area contributed by atoms with Crippen molar-refractivity contribution in [1.82, 2.24) is 14.8 Å². The maximum atomic E-state index is 12.9. The van der Waals surface area contributed by atoms with Gasteiger partial charge in [0, 0.05) is 37.5 Å². The Morgan fingerprint density at radius 3 is 2.70 bits per heavy atom. The van der Waals surface area contributed by atoms with Gasteiger partial charge in [0.1, 0.15) is 12.4 Å². The summed E-state index contributed by atoms with van der Waals surface area (Å²) < 4.78 is 12.9. The molecule has 1 fully saturated rings. The van der Waals surface area contributed by atoms with E-state index in [-0.39, 0.29) is 43.2 Å². The maximum absolute atomic E-state index is 12.9. The summed E-state index contributed by atoms with van der Waals surface area (Å²) >= 11 is 1.36. The smallest absolute Gasteiger partial charge is 0.318 e. The Morgan fingerprint density at radius 1 is 1.30 bits per heavy atom. The third kappa shape index (κ3) is 4.88. The molecule has 0 atom stereocenters. The van der Waals surface area contributed by atoms with Crippen LogP contribution in [-0.2, 0) is 16.0 Å². The second kappa shape index (κ2) is 8.26. The number of aromatic nitrogens is 1. The summed E-state index contributed by atoms with van der Waals surface area (Å²) in [5.41, 5.74) is 0.961. The monoisotopic (exact) mass is 390 g/mol. The number of halogens is 1. The minimum Gasteiger partial charge on any atom is -0.318 e. The molecule has 0 spiro atoms. The number of hydrogen-bond donors (Lipinski definition) is 1. The lowest BCUT2D eigenvalue weighted by atomic mass is 10.1. The van der Waals surface area contributed by atoms with Crippen molar-refractivity contribution in [3.05, 3.63) is 46.7 Å². The van der Waals surface area contributed by atoms with Crippen LogP contribution in [-0.4, -0.2) is 52.8 Å². The summed E-state index contributed by atoms with van der Waals surface area (Å²) in [6.07, 6.45) is 2.88. The first-order chi connectivity index (χ1) is 12.9. The topological polar surface area (TPSA) is 82.6 Å². The molecule has 27 heavy (non-hydrogen) atoms. The third-order valence-corrected chi connectivity index (χ3v) is 5.02. The van der Waals surface area contributed by atoms with Gasteiger partial charge in [0.25, 0.3) is 0 Å². The van der Waals surface area contributed by atoms with Crippen LogP contribution in [0, 0.1) is 5.82 Å². The van der Waals surface area contributed by atoms with Crippen LogP contribution in [0.15, 0.2) is 30.5 Å². The van der Waals surface area contributed by atoms with Crippen LogP contribution in [0.1, 0.15) is 23.3 Å². The van der Waals surface area contributed by atoms with Gasteiger partial charge in [-0.2, -0.15) is 0 Å². The van der Waals surface area contributed by atoms with Crippen LogP contribution in [0.5, 0.6) is 0 Å². The van der Waals surface area contributed by atoms with Crippen molar-refractivity contribution < 1.29 is 18.8 Å². The van der Waals surface area contributed by atoms with E-state index < -0.39 is 0 Å². The van der Waals surface area contributed by atoms with Crippen molar-refractivity contribution in [2.24, 2.45) is 0 Å². The van der Waals surface area contributed by atoms with Crippen LogP contribution in [0.4, 0.5) is 14.3 Å². The van der Waals surface area contributed by atoms with Gasteiger partial charge in [-0.1, -0.05) is 12.1 Å². The van der Waals surface area contributed by atoms with E-state index in [0.717, 1.165) is 15.3 Å². The van der Waals surface area contributed by atoms with Crippen molar-refractivity contribution in [1.29, 1.82) is 0 Å². The number of carbonyl (C=O) groups excluding carboxylic acids is 3. The van der Waals surface area contributed by atoms with Crippen LogP contribution in [0.25, 0.3) is 0 Å². The molecular formula is C18H19FN4O3S. The van der Waals surface area contributed by atoms with E-state index in [2.05, 4.69) is 10.3 Å². The van der Waals surface area contributed by atoms with E-state index in [0.29, 0.717) is 18.0 Å². The molecular weight excluding hydrogens is 371 g/mol. The Kier molecular flexibility index (Phi) is 5.80. The fraction of sp³-hybridized carbons (Fsp3) is 0.333. The number of nitrogens with zero attached hydrogens (tertiary/aromatic N) is 3. The molecule has 1 saturated heterocycles. The molecule has 0 aliphatic carbocycles. The number of anilines is 1. The summed E-state index contributed by atoms with van der Waals surface area (Å²) in [6, 6.07) is 5.92. The largest absolute Gasteiger partial charge is 0.326 e. The van der Waals surface area contributed by atoms with E-state index in [9.17, 15) is 18.8 Å². The zero-order chi connectivity index (χ0) is 19.4. The Morgan fingerprint density at radius 2 is 2.04 bits per heavy atom. The normalized spacial score (nSPS) is 14.1. The van der Waals surface area contributed by atoms with Crippen molar-refractivity contribution in [3.63, 3.8) is 0 Å². The number of benzene rings is 1. The Labute approximate surface area is 159 Å². The van der Waals surface area contributed by atoms with Crippen molar-refractivity contribution in [2.45, 2.75) is 19.3 Å². The van der Waals surface area contributed by atoms with E-state index in [1.165, 1.54) is 28.4 Å². The molecule has 0 radical (unpaired) electrons. The molecule has 0 bridgehead atoms. The number of likely N-dealkylation sites (N-methyl/N-ethyl adjacent to an activating group) is 1. The van der Waals surface area contributed by atoms with E-state index in [1.54, 1.807) is 25.4 Å². The van der Waals surface area contributed by atoms with Gasteiger partial charge < -0.3 is 10.2 Å².